The van der Waals surface area contributed by atoms with E-state index in [2.05, 4.69) is 0 Å². The number of carbonyl (C=O) groups excluding carboxylic acids is 1. The Morgan fingerprint density at radius 1 is 1.00 bits per heavy atom. The van der Waals surface area contributed by atoms with Crippen LogP contribution in [0.4, 0.5) is 0 Å². The van der Waals surface area contributed by atoms with Gasteiger partial charge in [-0.25, -0.2) is 0 Å². The number of carbonyl (C=O) groups is 2. The number of aliphatic carboxylic acids is 1. The van der Waals surface area contributed by atoms with Crippen molar-refractivity contribution in [2.24, 2.45) is 17.1 Å². The summed E-state index contributed by atoms with van der Waals surface area (Å²) in [6.45, 7) is 4.00. The number of primary amides is 1. The van der Waals surface area contributed by atoms with E-state index in [0.717, 1.165) is 16.7 Å². The molecule has 25 heavy (non-hydrogen) atoms. The molecule has 0 aliphatic carbocycles. The number of amides is 1. The van der Waals surface area contributed by atoms with Gasteiger partial charge >= 0.3 is 5.97 Å². The lowest BCUT2D eigenvalue weighted by Crippen LogP contribution is -2.46. The highest BCUT2D eigenvalue weighted by molar-refractivity contribution is 6.01. The Kier molecular flexibility index (Phi) is 5.97. The summed E-state index contributed by atoms with van der Waals surface area (Å²) in [5.41, 5.74) is 6.89. The van der Waals surface area contributed by atoms with Crippen LogP contribution in [0.25, 0.3) is 11.1 Å². The van der Waals surface area contributed by atoms with Crippen molar-refractivity contribution in [2.45, 2.75) is 33.1 Å². The van der Waals surface area contributed by atoms with Crippen LogP contribution in [-0.2, 0) is 16.0 Å². The van der Waals surface area contributed by atoms with Gasteiger partial charge in [-0.1, -0.05) is 68.4 Å². The molecule has 0 aromatic heterocycles. The van der Waals surface area contributed by atoms with Gasteiger partial charge in [-0.15, -0.1) is 0 Å². The van der Waals surface area contributed by atoms with Crippen molar-refractivity contribution in [2.75, 3.05) is 0 Å². The number of nitrogens with two attached hydrogens (primary N) is 1. The van der Waals surface area contributed by atoms with Gasteiger partial charge in [-0.05, 0) is 41.9 Å². The van der Waals surface area contributed by atoms with E-state index >= 15 is 0 Å². The SMILES string of the molecule is CC(C)CCC(Cc1ccc(-c2ccccc2)cc1)(C(N)=O)C(=O)O. The maximum atomic E-state index is 12.0. The van der Waals surface area contributed by atoms with Gasteiger partial charge in [0.15, 0.2) is 0 Å². The highest BCUT2D eigenvalue weighted by atomic mass is 16.4. The molecule has 2 aromatic carbocycles. The Labute approximate surface area is 148 Å². The molecule has 4 nitrogen and oxygen atoms in total. The lowest BCUT2D eigenvalue weighted by atomic mass is 9.75. The van der Waals surface area contributed by atoms with Crippen molar-refractivity contribution >= 4 is 11.9 Å². The molecule has 0 bridgehead atoms. The minimum atomic E-state index is -1.56. The van der Waals surface area contributed by atoms with Crippen molar-refractivity contribution in [3.8, 4) is 11.1 Å². The van der Waals surface area contributed by atoms with Crippen LogP contribution < -0.4 is 5.73 Å². The highest BCUT2D eigenvalue weighted by Gasteiger charge is 2.44. The summed E-state index contributed by atoms with van der Waals surface area (Å²) in [5.74, 6) is -1.61. The maximum absolute atomic E-state index is 12.0. The Balaban J connectivity index is 2.26. The molecule has 1 atom stereocenters. The topological polar surface area (TPSA) is 80.4 Å². The third-order valence-corrected chi connectivity index (χ3v) is 4.60. The minimum absolute atomic E-state index is 0.111. The van der Waals surface area contributed by atoms with Crippen molar-refractivity contribution in [1.82, 2.24) is 0 Å². The normalized spacial score (nSPS) is 13.4. The first-order valence-electron chi connectivity index (χ1n) is 8.53. The molecule has 0 spiro atoms. The van der Waals surface area contributed by atoms with Gasteiger partial charge in [-0.3, -0.25) is 9.59 Å². The largest absolute Gasteiger partial charge is 0.480 e. The van der Waals surface area contributed by atoms with E-state index in [0.29, 0.717) is 12.3 Å². The van der Waals surface area contributed by atoms with Crippen molar-refractivity contribution in [3.05, 3.63) is 60.2 Å². The van der Waals surface area contributed by atoms with Gasteiger partial charge in [-0.2, -0.15) is 0 Å². The van der Waals surface area contributed by atoms with Crippen LogP contribution in [-0.4, -0.2) is 17.0 Å². The standard InChI is InChI=1S/C21H25NO3/c1-15(2)12-13-21(19(22)23,20(24)25)14-16-8-10-18(11-9-16)17-6-4-3-5-7-17/h3-11,15H,12-14H2,1-2H3,(H2,22,23)(H,24,25). The fourth-order valence-corrected chi connectivity index (χ4v) is 2.92. The Morgan fingerprint density at radius 3 is 2.04 bits per heavy atom. The van der Waals surface area contributed by atoms with Crippen LogP contribution in [0.5, 0.6) is 0 Å². The van der Waals surface area contributed by atoms with E-state index < -0.39 is 17.3 Å². The Morgan fingerprint density at radius 2 is 1.56 bits per heavy atom. The summed E-state index contributed by atoms with van der Waals surface area (Å²) in [4.78, 5) is 23.9. The van der Waals surface area contributed by atoms with Crippen molar-refractivity contribution in [1.29, 1.82) is 0 Å². The molecular formula is C21H25NO3. The lowest BCUT2D eigenvalue weighted by Gasteiger charge is -2.27. The third kappa shape index (κ3) is 4.47. The molecule has 0 radical (unpaired) electrons. The van der Waals surface area contributed by atoms with Crippen LogP contribution in [0.3, 0.4) is 0 Å². The molecule has 0 aliphatic rings. The molecule has 1 amide bonds. The predicted octanol–water partition coefficient (Wildman–Crippen LogP) is 3.89. The van der Waals surface area contributed by atoms with Gasteiger partial charge in [0.25, 0.3) is 0 Å². The van der Waals surface area contributed by atoms with Crippen LogP contribution in [0, 0.1) is 11.3 Å². The molecule has 0 heterocycles. The molecule has 0 aliphatic heterocycles. The molecule has 132 valence electrons. The smallest absolute Gasteiger partial charge is 0.319 e. The lowest BCUT2D eigenvalue weighted by molar-refractivity contribution is -0.155. The average Bonchev–Trinajstić information content (AvgIpc) is 2.59. The third-order valence-electron chi connectivity index (χ3n) is 4.60. The Bertz CT molecular complexity index is 707. The number of hydrogen-bond acceptors (Lipinski definition) is 2. The predicted molar refractivity (Wildman–Crippen MR) is 98.9 cm³/mol. The maximum Gasteiger partial charge on any atom is 0.319 e. The Hall–Kier alpha value is -2.62. The average molecular weight is 339 g/mol. The number of hydrogen-bond donors (Lipinski definition) is 2. The second kappa shape index (κ2) is 7.97. The molecular weight excluding hydrogens is 314 g/mol. The van der Waals surface area contributed by atoms with Crippen molar-refractivity contribution in [3.63, 3.8) is 0 Å². The van der Waals surface area contributed by atoms with Crippen molar-refractivity contribution < 1.29 is 14.7 Å². The van der Waals surface area contributed by atoms with Gasteiger partial charge in [0.05, 0.1) is 0 Å². The van der Waals surface area contributed by atoms with Crippen LogP contribution in [0.2, 0.25) is 0 Å². The fraction of sp³-hybridized carbons (Fsp3) is 0.333. The summed E-state index contributed by atoms with van der Waals surface area (Å²) in [6, 6.07) is 17.6. The molecule has 1 unspecified atom stereocenters. The summed E-state index contributed by atoms with van der Waals surface area (Å²) >= 11 is 0. The first-order chi connectivity index (χ1) is 11.8. The zero-order valence-corrected chi connectivity index (χ0v) is 14.7. The molecule has 0 fully saturated rings. The zero-order valence-electron chi connectivity index (χ0n) is 14.7. The summed E-state index contributed by atoms with van der Waals surface area (Å²) in [6.07, 6.45) is 0.993. The van der Waals surface area contributed by atoms with E-state index in [9.17, 15) is 14.7 Å². The first-order valence-corrected chi connectivity index (χ1v) is 8.53. The van der Waals surface area contributed by atoms with E-state index in [1.54, 1.807) is 0 Å². The molecule has 2 aromatic rings. The molecule has 3 N–H and O–H groups in total. The number of benzene rings is 2. The van der Waals surface area contributed by atoms with Gasteiger partial charge in [0.2, 0.25) is 5.91 Å². The van der Waals surface area contributed by atoms with Crippen LogP contribution in [0.15, 0.2) is 54.6 Å². The summed E-state index contributed by atoms with van der Waals surface area (Å²) < 4.78 is 0. The van der Waals surface area contributed by atoms with Crippen LogP contribution in [0.1, 0.15) is 32.3 Å². The molecule has 0 saturated carbocycles. The zero-order chi connectivity index (χ0) is 18.4. The van der Waals surface area contributed by atoms with Gasteiger partial charge in [0.1, 0.15) is 5.41 Å². The van der Waals surface area contributed by atoms with E-state index in [1.807, 2.05) is 68.4 Å². The molecule has 4 heteroatoms. The highest BCUT2D eigenvalue weighted by Crippen LogP contribution is 2.32. The monoisotopic (exact) mass is 339 g/mol. The quantitative estimate of drug-likeness (QED) is 0.716. The van der Waals surface area contributed by atoms with E-state index in [1.165, 1.54) is 0 Å². The molecule has 2 rings (SSSR count). The van der Waals surface area contributed by atoms with Gasteiger partial charge < -0.3 is 10.8 Å². The van der Waals surface area contributed by atoms with E-state index in [-0.39, 0.29) is 12.8 Å². The number of carboxylic acids is 1. The molecule has 0 saturated heterocycles. The van der Waals surface area contributed by atoms with E-state index in [4.69, 9.17) is 5.73 Å². The van der Waals surface area contributed by atoms with Crippen LogP contribution >= 0.6 is 0 Å². The minimum Gasteiger partial charge on any atom is -0.480 e. The van der Waals surface area contributed by atoms with Gasteiger partial charge in [0, 0.05) is 0 Å². The fourth-order valence-electron chi connectivity index (χ4n) is 2.92. The first kappa shape index (κ1) is 18.7. The number of rotatable bonds is 8. The second-order valence-corrected chi connectivity index (χ2v) is 6.92. The second-order valence-electron chi connectivity index (χ2n) is 6.92. The number of carboxylic acid groups (broad SMARTS) is 1. The summed E-state index contributed by atoms with van der Waals surface area (Å²) in [5, 5.41) is 9.70. The summed E-state index contributed by atoms with van der Waals surface area (Å²) in [7, 11) is 0.